The van der Waals surface area contributed by atoms with Crippen molar-refractivity contribution >= 4 is 75.4 Å². The van der Waals surface area contributed by atoms with E-state index in [0.717, 1.165) is 71.7 Å². The van der Waals surface area contributed by atoms with Crippen molar-refractivity contribution in [2.24, 2.45) is 0 Å². The van der Waals surface area contributed by atoms with Crippen LogP contribution in [0, 0.1) is 0 Å². The maximum Gasteiger partial charge on any atom is 0.165 e. The molecule has 5 nitrogen and oxygen atoms in total. The Bertz CT molecular complexity index is 3160. The summed E-state index contributed by atoms with van der Waals surface area (Å²) in [6.45, 7) is 0. The quantitative estimate of drug-likeness (QED) is 0.186. The first kappa shape index (κ1) is 28.2. The SMILES string of the molecule is c1ccc(-c2nc(-c3cccc(-c4ccc5oc6cc7c(cc6c5c4)oc4ccccc47)c3)nc(-c3cccc4c3sc3ccccc34)n2)cc1. The van der Waals surface area contributed by atoms with Crippen molar-refractivity contribution < 1.29 is 8.83 Å². The first-order chi connectivity index (χ1) is 25.2. The second-order valence-electron chi connectivity index (χ2n) is 12.8. The van der Waals surface area contributed by atoms with E-state index in [1.165, 1.54) is 20.2 Å². The molecule has 7 aromatic carbocycles. The molecule has 4 heterocycles. The number of nitrogens with zero attached hydrogens (tertiary/aromatic N) is 3. The van der Waals surface area contributed by atoms with Gasteiger partial charge in [-0.15, -0.1) is 11.3 Å². The fourth-order valence-corrected chi connectivity index (χ4v) is 8.49. The fourth-order valence-electron chi connectivity index (χ4n) is 7.28. The number of benzene rings is 7. The monoisotopic (exact) mass is 671 g/mol. The van der Waals surface area contributed by atoms with Crippen LogP contribution in [0.15, 0.2) is 160 Å². The molecule has 0 aliphatic carbocycles. The molecule has 0 unspecified atom stereocenters. The van der Waals surface area contributed by atoms with Gasteiger partial charge in [0.05, 0.1) is 0 Å². The standard InChI is InChI=1S/C45H25N3O2S/c1-2-10-26(11-3-1)43-46-44(48-45(47-43)33-17-9-16-32-31-15-5-7-19-41(31)51-42(32)33)29-13-8-12-27(22-29)28-20-21-38-34(23-28)36-25-39-35(24-40(36)50-38)30-14-4-6-18-37(30)49-39/h1-25H. The van der Waals surface area contributed by atoms with E-state index in [1.807, 2.05) is 48.5 Å². The van der Waals surface area contributed by atoms with Crippen molar-refractivity contribution in [3.63, 3.8) is 0 Å². The molecule has 0 radical (unpaired) electrons. The summed E-state index contributed by atoms with van der Waals surface area (Å²) in [6.07, 6.45) is 0. The number of hydrogen-bond donors (Lipinski definition) is 0. The molecule has 238 valence electrons. The van der Waals surface area contributed by atoms with Crippen LogP contribution in [0.1, 0.15) is 0 Å². The van der Waals surface area contributed by atoms with E-state index in [4.69, 9.17) is 23.8 Å². The summed E-state index contributed by atoms with van der Waals surface area (Å²) in [6, 6.07) is 52.2. The van der Waals surface area contributed by atoms with Gasteiger partial charge in [-0.25, -0.2) is 15.0 Å². The molecular formula is C45H25N3O2S. The van der Waals surface area contributed by atoms with Gasteiger partial charge in [0.15, 0.2) is 17.5 Å². The minimum Gasteiger partial charge on any atom is -0.456 e. The van der Waals surface area contributed by atoms with Crippen LogP contribution in [0.4, 0.5) is 0 Å². The topological polar surface area (TPSA) is 65.0 Å². The number of fused-ring (bicyclic) bond motifs is 9. The number of hydrogen-bond acceptors (Lipinski definition) is 6. The number of aromatic nitrogens is 3. The molecule has 11 rings (SSSR count). The van der Waals surface area contributed by atoms with E-state index in [9.17, 15) is 0 Å². The molecule has 51 heavy (non-hydrogen) atoms. The van der Waals surface area contributed by atoms with Crippen molar-refractivity contribution in [3.8, 4) is 45.3 Å². The van der Waals surface area contributed by atoms with Crippen LogP contribution >= 0.6 is 11.3 Å². The molecule has 0 bridgehead atoms. The zero-order valence-corrected chi connectivity index (χ0v) is 27.8. The van der Waals surface area contributed by atoms with Crippen molar-refractivity contribution in [3.05, 3.63) is 152 Å². The average Bonchev–Trinajstić information content (AvgIpc) is 3.87. The summed E-state index contributed by atoms with van der Waals surface area (Å²) < 4.78 is 15.0. The highest BCUT2D eigenvalue weighted by molar-refractivity contribution is 7.26. The Morgan fingerprint density at radius 3 is 1.80 bits per heavy atom. The van der Waals surface area contributed by atoms with E-state index in [-0.39, 0.29) is 0 Å². The molecule has 0 aliphatic heterocycles. The number of rotatable bonds is 4. The number of para-hydroxylation sites is 1. The smallest absolute Gasteiger partial charge is 0.165 e. The van der Waals surface area contributed by atoms with Gasteiger partial charge in [-0.2, -0.15) is 0 Å². The third-order valence-corrected chi connectivity index (χ3v) is 11.0. The zero-order valence-electron chi connectivity index (χ0n) is 27.0. The summed E-state index contributed by atoms with van der Waals surface area (Å²) in [5, 5.41) is 6.67. The van der Waals surface area contributed by atoms with Crippen LogP contribution in [0.2, 0.25) is 0 Å². The van der Waals surface area contributed by atoms with Crippen LogP contribution in [0.5, 0.6) is 0 Å². The Hall–Kier alpha value is -6.63. The summed E-state index contributed by atoms with van der Waals surface area (Å²) in [7, 11) is 0. The molecule has 0 saturated heterocycles. The summed E-state index contributed by atoms with van der Waals surface area (Å²) in [5.41, 5.74) is 8.40. The molecular weight excluding hydrogens is 647 g/mol. The van der Waals surface area contributed by atoms with Crippen molar-refractivity contribution in [2.75, 3.05) is 0 Å². The first-order valence-electron chi connectivity index (χ1n) is 16.8. The minimum absolute atomic E-state index is 0.626. The van der Waals surface area contributed by atoms with Gasteiger partial charge in [0.25, 0.3) is 0 Å². The highest BCUT2D eigenvalue weighted by atomic mass is 32.1. The zero-order chi connectivity index (χ0) is 33.5. The van der Waals surface area contributed by atoms with Gasteiger partial charge in [0.1, 0.15) is 22.3 Å². The second-order valence-corrected chi connectivity index (χ2v) is 13.8. The van der Waals surface area contributed by atoms with Crippen LogP contribution in [-0.4, -0.2) is 15.0 Å². The molecule has 0 atom stereocenters. The molecule has 4 aromatic heterocycles. The molecule has 0 spiro atoms. The highest BCUT2D eigenvalue weighted by Crippen LogP contribution is 2.41. The van der Waals surface area contributed by atoms with Crippen LogP contribution in [0.3, 0.4) is 0 Å². The van der Waals surface area contributed by atoms with Crippen LogP contribution in [-0.2, 0) is 0 Å². The van der Waals surface area contributed by atoms with Gasteiger partial charge in [0, 0.05) is 58.4 Å². The van der Waals surface area contributed by atoms with E-state index < -0.39 is 0 Å². The fraction of sp³-hybridized carbons (Fsp3) is 0. The predicted molar refractivity (Wildman–Crippen MR) is 209 cm³/mol. The number of furan rings is 2. The van der Waals surface area contributed by atoms with Gasteiger partial charge in [0.2, 0.25) is 0 Å². The molecule has 0 aliphatic rings. The molecule has 0 N–H and O–H groups in total. The summed E-state index contributed by atoms with van der Waals surface area (Å²) >= 11 is 1.78. The Morgan fingerprint density at radius 2 is 0.941 bits per heavy atom. The van der Waals surface area contributed by atoms with E-state index in [0.29, 0.717) is 17.5 Å². The largest absolute Gasteiger partial charge is 0.456 e. The Balaban J connectivity index is 1.06. The highest BCUT2D eigenvalue weighted by Gasteiger charge is 2.18. The Labute approximate surface area is 295 Å². The molecule has 11 aromatic rings. The van der Waals surface area contributed by atoms with Gasteiger partial charge >= 0.3 is 0 Å². The van der Waals surface area contributed by atoms with Gasteiger partial charge in [-0.1, -0.05) is 103 Å². The van der Waals surface area contributed by atoms with Gasteiger partial charge in [-0.05, 0) is 59.7 Å². The van der Waals surface area contributed by atoms with E-state index >= 15 is 0 Å². The van der Waals surface area contributed by atoms with Crippen molar-refractivity contribution in [2.45, 2.75) is 0 Å². The first-order valence-corrected chi connectivity index (χ1v) is 17.7. The summed E-state index contributed by atoms with van der Waals surface area (Å²) in [5.74, 6) is 1.92. The van der Waals surface area contributed by atoms with Crippen molar-refractivity contribution in [1.29, 1.82) is 0 Å². The van der Waals surface area contributed by atoms with Crippen molar-refractivity contribution in [1.82, 2.24) is 15.0 Å². The maximum atomic E-state index is 6.36. The molecule has 0 amide bonds. The van der Waals surface area contributed by atoms with Gasteiger partial charge in [-0.3, -0.25) is 0 Å². The summed E-state index contributed by atoms with van der Waals surface area (Å²) in [4.78, 5) is 15.2. The lowest BCUT2D eigenvalue weighted by molar-refractivity contribution is 0.664. The third-order valence-electron chi connectivity index (χ3n) is 9.74. The third kappa shape index (κ3) is 4.50. The predicted octanol–water partition coefficient (Wildman–Crippen LogP) is 12.7. The lowest BCUT2D eigenvalue weighted by Gasteiger charge is -2.10. The Morgan fingerprint density at radius 1 is 0.353 bits per heavy atom. The maximum absolute atomic E-state index is 6.36. The normalized spacial score (nSPS) is 11.9. The lowest BCUT2D eigenvalue weighted by atomic mass is 10.00. The van der Waals surface area contributed by atoms with Crippen LogP contribution < -0.4 is 0 Å². The molecule has 6 heteroatoms. The molecule has 0 fully saturated rings. The van der Waals surface area contributed by atoms with Gasteiger partial charge < -0.3 is 8.83 Å². The lowest BCUT2D eigenvalue weighted by Crippen LogP contribution is -2.00. The minimum atomic E-state index is 0.626. The molecule has 0 saturated carbocycles. The second kappa shape index (κ2) is 10.9. The van der Waals surface area contributed by atoms with E-state index in [2.05, 4.69) is 103 Å². The van der Waals surface area contributed by atoms with Crippen LogP contribution in [0.25, 0.3) is 109 Å². The average molecular weight is 672 g/mol. The Kier molecular flexibility index (Phi) is 6.05. The van der Waals surface area contributed by atoms with E-state index in [1.54, 1.807) is 11.3 Å². The number of thiophene rings is 1.